The second-order valence-corrected chi connectivity index (χ2v) is 8.18. The van der Waals surface area contributed by atoms with Crippen LogP contribution in [-0.4, -0.2) is 12.3 Å². The monoisotopic (exact) mass is 168 g/mol. The largest absolute Gasteiger partial charge is 0.519 e. The third-order valence-corrected chi connectivity index (χ3v) is 3.23. The number of hydrogen-bond acceptors (Lipinski definition) is 0. The van der Waals surface area contributed by atoms with Crippen LogP contribution in [-0.2, 0) is 0 Å². The SMILES string of the molecule is CC(C)(C)[CH2][Al]([Cl])[Cl]. The van der Waals surface area contributed by atoms with Crippen LogP contribution in [0, 0.1) is 5.41 Å². The Kier molecular flexibility index (Phi) is 3.79. The number of halogens is 2. The minimum Gasteiger partial charge on any atom is -0.234 e. The molecule has 0 aliphatic heterocycles. The summed E-state index contributed by atoms with van der Waals surface area (Å²) in [4.78, 5) is 0. The summed E-state index contributed by atoms with van der Waals surface area (Å²) in [6, 6.07) is 0. The Balaban J connectivity index is 3.39. The molecule has 8 heavy (non-hydrogen) atoms. The van der Waals surface area contributed by atoms with Gasteiger partial charge in [0.15, 0.2) is 0 Å². The van der Waals surface area contributed by atoms with Crippen molar-refractivity contribution in [3.63, 3.8) is 0 Å². The predicted octanol–water partition coefficient (Wildman–Crippen LogP) is 3.00. The Labute approximate surface area is 64.0 Å². The van der Waals surface area contributed by atoms with Crippen LogP contribution in [0.4, 0.5) is 0 Å². The second-order valence-electron chi connectivity index (χ2n) is 3.16. The number of rotatable bonds is 1. The lowest BCUT2D eigenvalue weighted by Crippen LogP contribution is -2.10. The summed E-state index contributed by atoms with van der Waals surface area (Å²) in [5.41, 5.74) is 0.320. The summed E-state index contributed by atoms with van der Waals surface area (Å²) in [7, 11) is 11.3. The van der Waals surface area contributed by atoms with Crippen molar-refractivity contribution in [2.45, 2.75) is 26.1 Å². The summed E-state index contributed by atoms with van der Waals surface area (Å²) in [5.74, 6) is 0. The summed E-state index contributed by atoms with van der Waals surface area (Å²) in [6.07, 6.45) is 0. The van der Waals surface area contributed by atoms with E-state index in [2.05, 4.69) is 20.8 Å². The molecule has 0 atom stereocenters. The van der Waals surface area contributed by atoms with E-state index in [1.807, 2.05) is 0 Å². The Bertz CT molecular complexity index is 65.3. The van der Waals surface area contributed by atoms with Crippen LogP contribution in [0.15, 0.2) is 0 Å². The van der Waals surface area contributed by atoms with Crippen molar-refractivity contribution >= 4 is 32.4 Å². The molecule has 0 aromatic rings. The van der Waals surface area contributed by atoms with Gasteiger partial charge in [-0.1, -0.05) is 26.1 Å². The fourth-order valence-corrected chi connectivity index (χ4v) is 4.17. The topological polar surface area (TPSA) is 0 Å². The van der Waals surface area contributed by atoms with Crippen molar-refractivity contribution in [3.05, 3.63) is 0 Å². The highest BCUT2D eigenvalue weighted by Gasteiger charge is 2.20. The van der Waals surface area contributed by atoms with E-state index in [-0.39, 0.29) is 0 Å². The van der Waals surface area contributed by atoms with Crippen LogP contribution in [0.1, 0.15) is 20.8 Å². The molecule has 0 aromatic carbocycles. The predicted molar refractivity (Wildman–Crippen MR) is 41.7 cm³/mol. The van der Waals surface area contributed by atoms with E-state index in [1.54, 1.807) is 0 Å². The Hall–Kier alpha value is 1.11. The van der Waals surface area contributed by atoms with Gasteiger partial charge in [-0.2, -0.15) is 0 Å². The number of hydrogen-bond donors (Lipinski definition) is 0. The van der Waals surface area contributed by atoms with E-state index < -0.39 is 12.3 Å². The first-order chi connectivity index (χ1) is 3.42. The maximum absolute atomic E-state index is 5.67. The summed E-state index contributed by atoms with van der Waals surface area (Å²) >= 11 is -1.35. The normalized spacial score (nSPS) is 11.6. The van der Waals surface area contributed by atoms with E-state index in [9.17, 15) is 0 Å². The van der Waals surface area contributed by atoms with Gasteiger partial charge in [-0.05, 0) is 5.41 Å². The van der Waals surface area contributed by atoms with Crippen molar-refractivity contribution in [1.29, 1.82) is 0 Å². The summed E-state index contributed by atoms with van der Waals surface area (Å²) in [6.45, 7) is 6.45. The molecule has 0 N–H and O–H groups in total. The van der Waals surface area contributed by atoms with Crippen LogP contribution in [0.25, 0.3) is 0 Å². The highest BCUT2D eigenvalue weighted by atomic mass is 35.7. The van der Waals surface area contributed by atoms with Crippen molar-refractivity contribution in [1.82, 2.24) is 0 Å². The minimum absolute atomic E-state index is 0.320. The quantitative estimate of drug-likeness (QED) is 0.529. The molecule has 0 bridgehead atoms. The second kappa shape index (κ2) is 3.32. The van der Waals surface area contributed by atoms with Gasteiger partial charge < -0.3 is 0 Å². The van der Waals surface area contributed by atoms with Gasteiger partial charge >= 0.3 is 12.3 Å². The van der Waals surface area contributed by atoms with Crippen LogP contribution in [0.3, 0.4) is 0 Å². The molecule has 0 fully saturated rings. The zero-order chi connectivity index (χ0) is 6.78. The fraction of sp³-hybridized carbons (Fsp3) is 1.00. The van der Waals surface area contributed by atoms with E-state index in [1.165, 1.54) is 0 Å². The first-order valence-corrected chi connectivity index (χ1v) is 7.01. The molecule has 0 heterocycles. The first-order valence-electron chi connectivity index (χ1n) is 2.70. The van der Waals surface area contributed by atoms with Crippen molar-refractivity contribution in [2.24, 2.45) is 5.41 Å². The maximum atomic E-state index is 5.67. The molecule has 0 aliphatic rings. The molecule has 0 amide bonds. The van der Waals surface area contributed by atoms with Gasteiger partial charge in [0, 0.05) is 0 Å². The van der Waals surface area contributed by atoms with Crippen LogP contribution >= 0.6 is 20.1 Å². The molecule has 0 rings (SSSR count). The highest BCUT2D eigenvalue weighted by molar-refractivity contribution is 7.33. The lowest BCUT2D eigenvalue weighted by Gasteiger charge is -2.15. The van der Waals surface area contributed by atoms with Gasteiger partial charge in [-0.3, -0.25) is 0 Å². The van der Waals surface area contributed by atoms with Crippen LogP contribution < -0.4 is 0 Å². The molecule has 0 saturated heterocycles. The van der Waals surface area contributed by atoms with E-state index in [0.717, 1.165) is 5.28 Å². The molecule has 0 unspecified atom stereocenters. The first kappa shape index (κ1) is 9.11. The third-order valence-electron chi connectivity index (χ3n) is 0.767. The molecule has 0 nitrogen and oxygen atoms in total. The molecular formula is C5H11AlCl2. The highest BCUT2D eigenvalue weighted by Crippen LogP contribution is 2.24. The molecule has 0 aromatic heterocycles. The van der Waals surface area contributed by atoms with Crippen LogP contribution in [0.2, 0.25) is 5.28 Å². The van der Waals surface area contributed by atoms with Gasteiger partial charge in [-0.15, -0.1) is 0 Å². The van der Waals surface area contributed by atoms with Crippen molar-refractivity contribution < 1.29 is 0 Å². The van der Waals surface area contributed by atoms with Gasteiger partial charge in [0.25, 0.3) is 0 Å². The zero-order valence-corrected chi connectivity index (χ0v) is 8.21. The van der Waals surface area contributed by atoms with Crippen molar-refractivity contribution in [3.8, 4) is 0 Å². The summed E-state index contributed by atoms with van der Waals surface area (Å²) in [5, 5.41) is 0.996. The van der Waals surface area contributed by atoms with Gasteiger partial charge in [0.2, 0.25) is 0 Å². The third kappa shape index (κ3) is 7.11. The Morgan fingerprint density at radius 1 is 1.25 bits per heavy atom. The fourth-order valence-electron chi connectivity index (χ4n) is 0.463. The van der Waals surface area contributed by atoms with Crippen LogP contribution in [0.5, 0.6) is 0 Å². The molecule has 0 aliphatic carbocycles. The average molecular weight is 169 g/mol. The standard InChI is InChI=1S/C5H11.Al.2ClH/c1-5(2,3)4;;;/h1H2,2-4H3;;2*1H/q;+2;;/p-2. The lowest BCUT2D eigenvalue weighted by molar-refractivity contribution is 0.467. The maximum Gasteiger partial charge on any atom is 0.519 e. The zero-order valence-electron chi connectivity index (χ0n) is 5.54. The summed E-state index contributed by atoms with van der Waals surface area (Å²) < 4.78 is 0. The van der Waals surface area contributed by atoms with Gasteiger partial charge in [0.05, 0.1) is 0 Å². The molecule has 0 saturated carbocycles. The molecule has 0 spiro atoms. The smallest absolute Gasteiger partial charge is 0.234 e. The molecule has 0 radical (unpaired) electrons. The van der Waals surface area contributed by atoms with Gasteiger partial charge in [-0.25, -0.2) is 20.1 Å². The molecule has 48 valence electrons. The molecular weight excluding hydrogens is 158 g/mol. The van der Waals surface area contributed by atoms with Crippen molar-refractivity contribution in [2.75, 3.05) is 0 Å². The van der Waals surface area contributed by atoms with E-state index in [4.69, 9.17) is 20.1 Å². The lowest BCUT2D eigenvalue weighted by atomic mass is 10.0. The van der Waals surface area contributed by atoms with Gasteiger partial charge in [0.1, 0.15) is 0 Å². The Morgan fingerprint density at radius 3 is 1.62 bits per heavy atom. The Morgan fingerprint density at radius 2 is 1.62 bits per heavy atom. The molecule has 3 heteroatoms. The van der Waals surface area contributed by atoms with E-state index >= 15 is 0 Å². The minimum atomic E-state index is -1.35. The van der Waals surface area contributed by atoms with E-state index in [0.29, 0.717) is 5.41 Å². The average Bonchev–Trinajstić information content (AvgIpc) is 1.21.